The van der Waals surface area contributed by atoms with Gasteiger partial charge in [-0.15, -0.1) is 0 Å². The summed E-state index contributed by atoms with van der Waals surface area (Å²) in [4.78, 5) is 4.40. The summed E-state index contributed by atoms with van der Waals surface area (Å²) in [5.74, 6) is 0. The van der Waals surface area contributed by atoms with Crippen LogP contribution in [0, 0.1) is 3.70 Å². The van der Waals surface area contributed by atoms with Crippen LogP contribution in [0.5, 0.6) is 0 Å². The van der Waals surface area contributed by atoms with Crippen LogP contribution in [-0.4, -0.2) is 23.3 Å². The van der Waals surface area contributed by atoms with Crippen molar-refractivity contribution in [1.29, 1.82) is 0 Å². The molecule has 1 aliphatic rings. The minimum absolute atomic E-state index is 0.354. The van der Waals surface area contributed by atoms with Crippen molar-refractivity contribution in [3.8, 4) is 0 Å². The van der Waals surface area contributed by atoms with Crippen LogP contribution in [0.15, 0.2) is 12.1 Å². The van der Waals surface area contributed by atoms with Gasteiger partial charge in [-0.3, -0.25) is 4.98 Å². The van der Waals surface area contributed by atoms with Crippen LogP contribution >= 0.6 is 34.2 Å². The molecule has 17 heavy (non-hydrogen) atoms. The molecule has 1 aliphatic heterocycles. The standard InChI is InChI=1S/C11H14BClINO2/c1-10(2)11(3,4)17-12(16-10)8-5-7(13)6-9(14)15-8/h5-6H,1-4H3. The molecule has 1 aromatic rings. The molecule has 0 spiro atoms. The van der Waals surface area contributed by atoms with E-state index in [1.165, 1.54) is 0 Å². The minimum Gasteiger partial charge on any atom is -0.398 e. The fourth-order valence-corrected chi connectivity index (χ4v) is 2.58. The third kappa shape index (κ3) is 2.62. The molecule has 0 N–H and O–H groups in total. The van der Waals surface area contributed by atoms with Crippen LogP contribution < -0.4 is 5.59 Å². The van der Waals surface area contributed by atoms with Crippen LogP contribution in [0.1, 0.15) is 27.7 Å². The first-order chi connectivity index (χ1) is 7.71. The van der Waals surface area contributed by atoms with Crippen LogP contribution in [0.2, 0.25) is 5.02 Å². The van der Waals surface area contributed by atoms with Gasteiger partial charge in [-0.1, -0.05) is 11.6 Å². The molecule has 1 fully saturated rings. The quantitative estimate of drug-likeness (QED) is 0.436. The van der Waals surface area contributed by atoms with E-state index in [4.69, 9.17) is 20.9 Å². The molecule has 2 rings (SSSR count). The van der Waals surface area contributed by atoms with Gasteiger partial charge >= 0.3 is 7.12 Å². The fraction of sp³-hybridized carbons (Fsp3) is 0.545. The lowest BCUT2D eigenvalue weighted by atomic mass is 9.84. The van der Waals surface area contributed by atoms with Gasteiger partial charge in [-0.25, -0.2) is 0 Å². The molecule has 1 saturated heterocycles. The van der Waals surface area contributed by atoms with Crippen molar-refractivity contribution in [2.24, 2.45) is 0 Å². The van der Waals surface area contributed by atoms with Crippen LogP contribution in [-0.2, 0) is 9.31 Å². The van der Waals surface area contributed by atoms with Crippen molar-refractivity contribution >= 4 is 46.9 Å². The zero-order valence-corrected chi connectivity index (χ0v) is 13.2. The van der Waals surface area contributed by atoms with Gasteiger partial charge in [0.1, 0.15) is 3.70 Å². The van der Waals surface area contributed by atoms with Gasteiger partial charge in [0.25, 0.3) is 0 Å². The second kappa shape index (κ2) is 4.37. The highest BCUT2D eigenvalue weighted by Crippen LogP contribution is 2.36. The average Bonchev–Trinajstić information content (AvgIpc) is 2.34. The van der Waals surface area contributed by atoms with Crippen molar-refractivity contribution in [2.75, 3.05) is 0 Å². The minimum atomic E-state index is -0.452. The van der Waals surface area contributed by atoms with Gasteiger partial charge in [0.05, 0.1) is 16.8 Å². The van der Waals surface area contributed by atoms with E-state index in [0.29, 0.717) is 5.02 Å². The van der Waals surface area contributed by atoms with E-state index in [2.05, 4.69) is 27.6 Å². The smallest absolute Gasteiger partial charge is 0.398 e. The summed E-state index contributed by atoms with van der Waals surface area (Å²) in [5, 5.41) is 0.647. The van der Waals surface area contributed by atoms with E-state index in [-0.39, 0.29) is 11.2 Å². The topological polar surface area (TPSA) is 31.4 Å². The number of hydrogen-bond acceptors (Lipinski definition) is 3. The first-order valence-corrected chi connectivity index (χ1v) is 6.85. The summed E-state index contributed by atoms with van der Waals surface area (Å²) < 4.78 is 12.7. The predicted molar refractivity (Wildman–Crippen MR) is 77.7 cm³/mol. The maximum absolute atomic E-state index is 6.01. The molecule has 0 aliphatic carbocycles. The molecular weight excluding hydrogens is 351 g/mol. The Morgan fingerprint density at radius 3 is 2.18 bits per heavy atom. The Labute approximate surface area is 121 Å². The van der Waals surface area contributed by atoms with Crippen molar-refractivity contribution in [1.82, 2.24) is 4.98 Å². The first kappa shape index (κ1) is 13.6. The molecule has 1 aromatic heterocycles. The van der Waals surface area contributed by atoms with Gasteiger partial charge in [-0.2, -0.15) is 0 Å². The van der Waals surface area contributed by atoms with E-state index in [9.17, 15) is 0 Å². The third-order valence-electron chi connectivity index (χ3n) is 3.27. The van der Waals surface area contributed by atoms with E-state index in [1.54, 1.807) is 12.1 Å². The molecule has 6 heteroatoms. The maximum atomic E-state index is 6.01. The summed E-state index contributed by atoms with van der Waals surface area (Å²) in [6.07, 6.45) is 0. The maximum Gasteiger partial charge on any atom is 0.514 e. The van der Waals surface area contributed by atoms with Crippen LogP contribution in [0.3, 0.4) is 0 Å². The highest BCUT2D eigenvalue weighted by Gasteiger charge is 2.52. The summed E-state index contributed by atoms with van der Waals surface area (Å²) >= 11 is 8.14. The molecule has 0 atom stereocenters. The van der Waals surface area contributed by atoms with E-state index in [0.717, 1.165) is 9.29 Å². The van der Waals surface area contributed by atoms with E-state index in [1.807, 2.05) is 27.7 Å². The van der Waals surface area contributed by atoms with Crippen LogP contribution in [0.25, 0.3) is 0 Å². The summed E-state index contributed by atoms with van der Waals surface area (Å²) in [5.41, 5.74) is 0.0146. The van der Waals surface area contributed by atoms with Gasteiger partial charge in [-0.05, 0) is 62.4 Å². The molecule has 92 valence electrons. The number of hydrogen-bond donors (Lipinski definition) is 0. The first-order valence-electron chi connectivity index (χ1n) is 5.40. The molecular formula is C11H14BClINO2. The Balaban J connectivity index is 2.32. The molecule has 2 heterocycles. The second-order valence-electron chi connectivity index (χ2n) is 5.12. The lowest BCUT2D eigenvalue weighted by molar-refractivity contribution is 0.00578. The number of rotatable bonds is 1. The number of pyridine rings is 1. The van der Waals surface area contributed by atoms with Gasteiger partial charge in [0.15, 0.2) is 0 Å². The van der Waals surface area contributed by atoms with Crippen molar-refractivity contribution in [2.45, 2.75) is 38.9 Å². The Morgan fingerprint density at radius 2 is 1.71 bits per heavy atom. The van der Waals surface area contributed by atoms with Crippen molar-refractivity contribution in [3.63, 3.8) is 0 Å². The zero-order chi connectivity index (χ0) is 12.8. The fourth-order valence-electron chi connectivity index (χ4n) is 1.57. The molecule has 0 amide bonds. The third-order valence-corrected chi connectivity index (χ3v) is 4.04. The number of aromatic nitrogens is 1. The van der Waals surface area contributed by atoms with Gasteiger partial charge in [0, 0.05) is 5.02 Å². The van der Waals surface area contributed by atoms with Crippen LogP contribution in [0.4, 0.5) is 0 Å². The molecule has 0 bridgehead atoms. The zero-order valence-electron chi connectivity index (χ0n) is 10.3. The normalized spacial score (nSPS) is 21.9. The number of nitrogens with zero attached hydrogens (tertiary/aromatic N) is 1. The summed E-state index contributed by atoms with van der Waals surface area (Å²) in [6, 6.07) is 3.59. The van der Waals surface area contributed by atoms with Crippen molar-refractivity contribution in [3.05, 3.63) is 20.9 Å². The predicted octanol–water partition coefficient (Wildman–Crippen LogP) is 2.64. The monoisotopic (exact) mass is 365 g/mol. The Morgan fingerprint density at radius 1 is 1.18 bits per heavy atom. The molecule has 0 radical (unpaired) electrons. The highest BCUT2D eigenvalue weighted by molar-refractivity contribution is 14.1. The lowest BCUT2D eigenvalue weighted by Gasteiger charge is -2.32. The van der Waals surface area contributed by atoms with E-state index < -0.39 is 7.12 Å². The molecule has 0 unspecified atom stereocenters. The Kier molecular flexibility index (Phi) is 3.49. The molecule has 0 aromatic carbocycles. The highest BCUT2D eigenvalue weighted by atomic mass is 127. The SMILES string of the molecule is CC1(C)OB(c2cc(Cl)cc(I)n2)OC1(C)C. The van der Waals surface area contributed by atoms with Crippen molar-refractivity contribution < 1.29 is 9.31 Å². The second-order valence-corrected chi connectivity index (χ2v) is 6.66. The Bertz CT molecular complexity index is 417. The van der Waals surface area contributed by atoms with Gasteiger partial charge in [0.2, 0.25) is 0 Å². The number of halogens is 2. The molecule has 0 saturated carbocycles. The molecule has 3 nitrogen and oxygen atoms in total. The summed E-state index contributed by atoms with van der Waals surface area (Å²) in [6.45, 7) is 8.07. The largest absolute Gasteiger partial charge is 0.514 e. The summed E-state index contributed by atoms with van der Waals surface area (Å²) in [7, 11) is -0.452. The van der Waals surface area contributed by atoms with Gasteiger partial charge < -0.3 is 9.31 Å². The van der Waals surface area contributed by atoms with E-state index >= 15 is 0 Å². The lowest BCUT2D eigenvalue weighted by Crippen LogP contribution is -2.41. The average molecular weight is 365 g/mol. The Hall–Kier alpha value is 0.155.